The van der Waals surface area contributed by atoms with Crippen molar-refractivity contribution in [1.29, 1.82) is 5.26 Å². The number of rotatable bonds is 2. The minimum absolute atomic E-state index is 0.242. The molecule has 0 spiro atoms. The molecule has 1 fully saturated rings. The van der Waals surface area contributed by atoms with Gasteiger partial charge < -0.3 is 5.73 Å². The van der Waals surface area contributed by atoms with Crippen LogP contribution in [-0.2, 0) is 5.54 Å². The van der Waals surface area contributed by atoms with Crippen LogP contribution in [0.25, 0.3) is 11.3 Å². The smallest absolute Gasteiger partial charge is 0.113 e. The first-order chi connectivity index (χ1) is 9.71. The van der Waals surface area contributed by atoms with Crippen molar-refractivity contribution in [2.24, 2.45) is 5.73 Å². The lowest BCUT2D eigenvalue weighted by atomic mass is 9.83. The van der Waals surface area contributed by atoms with Gasteiger partial charge in [-0.15, -0.1) is 11.3 Å². The van der Waals surface area contributed by atoms with Gasteiger partial charge in [0.2, 0.25) is 0 Å². The largest absolute Gasteiger partial charge is 0.319 e. The molecule has 4 heteroatoms. The third-order valence-corrected chi connectivity index (χ3v) is 5.03. The standard InChI is InChI=1S/C16H17N3S/c17-10-12-5-4-6-13(9-12)14-11-20-15(19-14)16(18)7-2-1-3-8-16/h4-6,9,11H,1-3,7-8,18H2. The maximum absolute atomic E-state index is 8.97. The van der Waals surface area contributed by atoms with E-state index < -0.39 is 0 Å². The molecule has 1 aliphatic rings. The quantitative estimate of drug-likeness (QED) is 0.911. The first-order valence-corrected chi connectivity index (χ1v) is 7.85. The van der Waals surface area contributed by atoms with Crippen molar-refractivity contribution < 1.29 is 0 Å². The predicted molar refractivity (Wildman–Crippen MR) is 81.2 cm³/mol. The minimum atomic E-state index is -0.242. The Morgan fingerprint density at radius 1 is 1.25 bits per heavy atom. The molecule has 1 saturated carbocycles. The van der Waals surface area contributed by atoms with Gasteiger partial charge in [0.1, 0.15) is 5.01 Å². The lowest BCUT2D eigenvalue weighted by Crippen LogP contribution is -2.38. The molecule has 1 aromatic carbocycles. The second kappa shape index (κ2) is 5.35. The first-order valence-electron chi connectivity index (χ1n) is 6.97. The molecule has 0 bridgehead atoms. The van der Waals surface area contributed by atoms with Gasteiger partial charge in [0.25, 0.3) is 0 Å². The fraction of sp³-hybridized carbons (Fsp3) is 0.375. The summed E-state index contributed by atoms with van der Waals surface area (Å²) in [6.45, 7) is 0. The highest BCUT2D eigenvalue weighted by atomic mass is 32.1. The molecule has 0 radical (unpaired) electrons. The molecule has 3 nitrogen and oxygen atoms in total. The van der Waals surface area contributed by atoms with Crippen LogP contribution >= 0.6 is 11.3 Å². The number of thiazole rings is 1. The summed E-state index contributed by atoms with van der Waals surface area (Å²) in [7, 11) is 0. The van der Waals surface area contributed by atoms with Crippen molar-refractivity contribution >= 4 is 11.3 Å². The highest BCUT2D eigenvalue weighted by Gasteiger charge is 2.32. The van der Waals surface area contributed by atoms with Gasteiger partial charge >= 0.3 is 0 Å². The van der Waals surface area contributed by atoms with Gasteiger partial charge in [-0.1, -0.05) is 31.4 Å². The topological polar surface area (TPSA) is 62.7 Å². The van der Waals surface area contributed by atoms with Crippen molar-refractivity contribution in [3.05, 3.63) is 40.2 Å². The highest BCUT2D eigenvalue weighted by Crippen LogP contribution is 2.37. The van der Waals surface area contributed by atoms with Gasteiger partial charge in [0, 0.05) is 10.9 Å². The average Bonchev–Trinajstić information content (AvgIpc) is 2.99. The Morgan fingerprint density at radius 2 is 2.05 bits per heavy atom. The SMILES string of the molecule is N#Cc1cccc(-c2csc(C3(N)CCCCC3)n2)c1. The van der Waals surface area contributed by atoms with Crippen LogP contribution in [0.1, 0.15) is 42.7 Å². The average molecular weight is 283 g/mol. The summed E-state index contributed by atoms with van der Waals surface area (Å²) < 4.78 is 0. The van der Waals surface area contributed by atoms with Gasteiger partial charge in [-0.25, -0.2) is 4.98 Å². The Labute approximate surface area is 123 Å². The third kappa shape index (κ3) is 2.47. The molecule has 1 heterocycles. The van der Waals surface area contributed by atoms with Crippen LogP contribution in [0.3, 0.4) is 0 Å². The molecule has 0 atom stereocenters. The number of nitrogens with zero attached hydrogens (tertiary/aromatic N) is 2. The molecule has 1 aromatic heterocycles. The minimum Gasteiger partial charge on any atom is -0.319 e. The molecule has 0 amide bonds. The van der Waals surface area contributed by atoms with E-state index in [2.05, 4.69) is 11.4 Å². The van der Waals surface area contributed by atoms with Crippen molar-refractivity contribution in [3.63, 3.8) is 0 Å². The van der Waals surface area contributed by atoms with Crippen molar-refractivity contribution in [1.82, 2.24) is 4.98 Å². The summed E-state index contributed by atoms with van der Waals surface area (Å²) in [5.41, 5.74) is 8.87. The number of hydrogen-bond acceptors (Lipinski definition) is 4. The molecule has 1 aliphatic carbocycles. The van der Waals surface area contributed by atoms with Gasteiger partial charge in [-0.2, -0.15) is 5.26 Å². The molecule has 0 saturated heterocycles. The molecular formula is C16H17N3S. The van der Waals surface area contributed by atoms with Crippen molar-refractivity contribution in [3.8, 4) is 17.3 Å². The zero-order chi connectivity index (χ0) is 14.0. The van der Waals surface area contributed by atoms with E-state index in [0.29, 0.717) is 5.56 Å². The van der Waals surface area contributed by atoms with Crippen molar-refractivity contribution in [2.75, 3.05) is 0 Å². The molecule has 102 valence electrons. The molecule has 0 aliphatic heterocycles. The van der Waals surface area contributed by atoms with Gasteiger partial charge in [-0.3, -0.25) is 0 Å². The lowest BCUT2D eigenvalue weighted by Gasteiger charge is -2.31. The maximum Gasteiger partial charge on any atom is 0.113 e. The molecule has 3 rings (SSSR count). The van der Waals surface area contributed by atoms with E-state index in [4.69, 9.17) is 16.0 Å². The summed E-state index contributed by atoms with van der Waals surface area (Å²) in [6.07, 6.45) is 5.71. The van der Waals surface area contributed by atoms with E-state index in [9.17, 15) is 0 Å². The van der Waals surface area contributed by atoms with E-state index in [1.807, 2.05) is 24.3 Å². The highest BCUT2D eigenvalue weighted by molar-refractivity contribution is 7.10. The van der Waals surface area contributed by atoms with E-state index in [1.54, 1.807) is 11.3 Å². The van der Waals surface area contributed by atoms with Crippen molar-refractivity contribution in [2.45, 2.75) is 37.6 Å². The van der Waals surface area contributed by atoms with E-state index >= 15 is 0 Å². The first kappa shape index (κ1) is 13.3. The Kier molecular flexibility index (Phi) is 3.56. The summed E-state index contributed by atoms with van der Waals surface area (Å²) in [5, 5.41) is 12.1. The molecule has 2 N–H and O–H groups in total. The number of hydrogen-bond donors (Lipinski definition) is 1. The molecular weight excluding hydrogens is 266 g/mol. The normalized spacial score (nSPS) is 17.6. The number of benzene rings is 1. The Bertz CT molecular complexity index is 648. The molecule has 20 heavy (non-hydrogen) atoms. The second-order valence-corrected chi connectivity index (χ2v) is 6.31. The molecule has 0 unspecified atom stereocenters. The van der Waals surface area contributed by atoms with E-state index in [1.165, 1.54) is 19.3 Å². The van der Waals surface area contributed by atoms with Gasteiger partial charge in [-0.05, 0) is 25.0 Å². The van der Waals surface area contributed by atoms with E-state index in [-0.39, 0.29) is 5.54 Å². The monoisotopic (exact) mass is 283 g/mol. The number of nitriles is 1. The van der Waals surface area contributed by atoms with Gasteiger partial charge in [0.15, 0.2) is 0 Å². The van der Waals surface area contributed by atoms with Gasteiger partial charge in [0.05, 0.1) is 22.9 Å². The van der Waals surface area contributed by atoms with Crippen LogP contribution in [0.5, 0.6) is 0 Å². The van der Waals surface area contributed by atoms with Crippen LogP contribution in [0.2, 0.25) is 0 Å². The van der Waals surface area contributed by atoms with Crippen LogP contribution in [0.4, 0.5) is 0 Å². The lowest BCUT2D eigenvalue weighted by molar-refractivity contribution is 0.301. The second-order valence-electron chi connectivity index (χ2n) is 5.45. The summed E-state index contributed by atoms with van der Waals surface area (Å²) >= 11 is 1.64. The zero-order valence-electron chi connectivity index (χ0n) is 11.3. The summed E-state index contributed by atoms with van der Waals surface area (Å²) in [4.78, 5) is 4.74. The Morgan fingerprint density at radius 3 is 2.80 bits per heavy atom. The third-order valence-electron chi connectivity index (χ3n) is 3.96. The Balaban J connectivity index is 1.91. The van der Waals surface area contributed by atoms with Crippen LogP contribution in [0.15, 0.2) is 29.6 Å². The van der Waals surface area contributed by atoms with E-state index in [0.717, 1.165) is 29.1 Å². The zero-order valence-corrected chi connectivity index (χ0v) is 12.1. The summed E-state index contributed by atoms with van der Waals surface area (Å²) in [5.74, 6) is 0. The van der Waals surface area contributed by atoms with Crippen LogP contribution < -0.4 is 5.73 Å². The fourth-order valence-corrected chi connectivity index (χ4v) is 3.78. The maximum atomic E-state index is 8.97. The summed E-state index contributed by atoms with van der Waals surface area (Å²) in [6, 6.07) is 9.74. The fourth-order valence-electron chi connectivity index (χ4n) is 2.78. The van der Waals surface area contributed by atoms with Crippen LogP contribution in [0, 0.1) is 11.3 Å². The number of aromatic nitrogens is 1. The predicted octanol–water partition coefficient (Wildman–Crippen LogP) is 3.80. The Hall–Kier alpha value is -1.70. The van der Waals surface area contributed by atoms with Crippen LogP contribution in [-0.4, -0.2) is 4.98 Å². The molecule has 2 aromatic rings. The number of nitrogens with two attached hydrogens (primary N) is 1.